The molecule has 0 radical (unpaired) electrons. The van der Waals surface area contributed by atoms with Gasteiger partial charge in [0, 0.05) is 29.2 Å². The van der Waals surface area contributed by atoms with Crippen LogP contribution in [0.2, 0.25) is 0 Å². The molecule has 1 aliphatic rings. The van der Waals surface area contributed by atoms with Crippen molar-refractivity contribution in [1.29, 1.82) is 0 Å². The summed E-state index contributed by atoms with van der Waals surface area (Å²) in [7, 11) is 3.22. The number of pyridine rings is 1. The van der Waals surface area contributed by atoms with E-state index in [2.05, 4.69) is 53.4 Å². The molecule has 1 heterocycles. The number of rotatable bonds is 7. The van der Waals surface area contributed by atoms with E-state index < -0.39 is 0 Å². The van der Waals surface area contributed by atoms with Crippen molar-refractivity contribution >= 4 is 5.78 Å². The van der Waals surface area contributed by atoms with Crippen LogP contribution in [0.4, 0.5) is 0 Å². The molecule has 0 saturated carbocycles. The first kappa shape index (κ1) is 19.2. The zero-order chi connectivity index (χ0) is 20.2. The van der Waals surface area contributed by atoms with Crippen LogP contribution in [-0.4, -0.2) is 20.0 Å². The van der Waals surface area contributed by atoms with E-state index in [1.165, 1.54) is 11.1 Å². The Hall–Kier alpha value is -3.14. The van der Waals surface area contributed by atoms with Crippen LogP contribution < -0.4 is 14.0 Å². The third-order valence-corrected chi connectivity index (χ3v) is 5.66. The second kappa shape index (κ2) is 8.48. The van der Waals surface area contributed by atoms with Gasteiger partial charge < -0.3 is 9.47 Å². The lowest BCUT2D eigenvalue weighted by Crippen LogP contribution is -2.33. The van der Waals surface area contributed by atoms with Crippen LogP contribution in [0.3, 0.4) is 0 Å². The van der Waals surface area contributed by atoms with Gasteiger partial charge in [0.15, 0.2) is 36.2 Å². The number of ether oxygens (including phenoxy) is 2. The number of nitrogens with zero attached hydrogens (tertiary/aromatic N) is 1. The number of methoxy groups -OCH3 is 2. The maximum atomic E-state index is 12.8. The van der Waals surface area contributed by atoms with E-state index in [-0.39, 0.29) is 11.7 Å². The molecule has 4 rings (SSSR count). The first-order valence-corrected chi connectivity index (χ1v) is 9.99. The number of aromatic nitrogens is 1. The lowest BCUT2D eigenvalue weighted by molar-refractivity contribution is -0.688. The lowest BCUT2D eigenvalue weighted by Gasteiger charge is -2.09. The smallest absolute Gasteiger partial charge is 0.173 e. The first-order valence-electron chi connectivity index (χ1n) is 9.99. The predicted octanol–water partition coefficient (Wildman–Crippen LogP) is 4.03. The van der Waals surface area contributed by atoms with Gasteiger partial charge in [-0.3, -0.25) is 4.79 Å². The van der Waals surface area contributed by atoms with Gasteiger partial charge in [-0.1, -0.05) is 30.3 Å². The molecule has 0 spiro atoms. The number of hydrogen-bond acceptors (Lipinski definition) is 3. The summed E-state index contributed by atoms with van der Waals surface area (Å²) < 4.78 is 12.9. The maximum Gasteiger partial charge on any atom is 0.173 e. The van der Waals surface area contributed by atoms with E-state index in [0.29, 0.717) is 11.5 Å². The normalized spacial score (nSPS) is 15.2. The molecule has 1 aromatic heterocycles. The summed E-state index contributed by atoms with van der Waals surface area (Å²) in [6.07, 6.45) is 6.74. The number of fused-ring (bicyclic) bond motifs is 1. The standard InChI is InChI=1S/C25H26NO3/c1-28-23-15-21-14-20(25(27)22(21)16-24(23)29-2)9-8-18-10-12-26(13-11-18)17-19-6-4-3-5-7-19/h3-7,10-13,15-16,20H,8-9,14,17H2,1-2H3/q+1. The zero-order valence-corrected chi connectivity index (χ0v) is 16.9. The Labute approximate surface area is 171 Å². The molecule has 0 amide bonds. The number of aryl methyl sites for hydroxylation is 1. The second-order valence-electron chi connectivity index (χ2n) is 7.53. The Kier molecular flexibility index (Phi) is 5.61. The minimum atomic E-state index is 0.0264. The van der Waals surface area contributed by atoms with Crippen molar-refractivity contribution in [2.45, 2.75) is 25.8 Å². The molecule has 0 bridgehead atoms. The lowest BCUT2D eigenvalue weighted by atomic mass is 9.96. The number of carbonyl (C=O) groups is 1. The second-order valence-corrected chi connectivity index (χ2v) is 7.53. The van der Waals surface area contributed by atoms with Crippen molar-refractivity contribution in [2.24, 2.45) is 5.92 Å². The summed E-state index contributed by atoms with van der Waals surface area (Å²) >= 11 is 0. The Bertz CT molecular complexity index is 997. The highest BCUT2D eigenvalue weighted by Crippen LogP contribution is 2.37. The highest BCUT2D eigenvalue weighted by molar-refractivity contribution is 6.02. The third-order valence-electron chi connectivity index (χ3n) is 5.66. The molecule has 2 aromatic carbocycles. The molecule has 148 valence electrons. The van der Waals surface area contributed by atoms with Crippen molar-refractivity contribution < 1.29 is 18.8 Å². The van der Waals surface area contributed by atoms with Crippen molar-refractivity contribution in [1.82, 2.24) is 0 Å². The minimum absolute atomic E-state index is 0.0264. The molecule has 0 aliphatic heterocycles. The highest BCUT2D eigenvalue weighted by Gasteiger charge is 2.31. The SMILES string of the molecule is COc1cc2c(cc1OC)C(=O)C(CCc1cc[n+](Cc3ccccc3)cc1)C2. The van der Waals surface area contributed by atoms with Crippen LogP contribution >= 0.6 is 0 Å². The van der Waals surface area contributed by atoms with Gasteiger partial charge in [0.25, 0.3) is 0 Å². The number of Topliss-reactive ketones (excluding diaryl/α,β-unsaturated/α-hetero) is 1. The molecule has 0 saturated heterocycles. The first-order chi connectivity index (χ1) is 14.2. The summed E-state index contributed by atoms with van der Waals surface area (Å²) in [6.45, 7) is 0.862. The summed E-state index contributed by atoms with van der Waals surface area (Å²) in [4.78, 5) is 12.8. The summed E-state index contributed by atoms with van der Waals surface area (Å²) in [5.41, 5.74) is 4.38. The van der Waals surface area contributed by atoms with Gasteiger partial charge in [-0.25, -0.2) is 4.57 Å². The fourth-order valence-electron chi connectivity index (χ4n) is 4.03. The minimum Gasteiger partial charge on any atom is -0.493 e. The summed E-state index contributed by atoms with van der Waals surface area (Å²) in [5, 5.41) is 0. The van der Waals surface area contributed by atoms with Crippen molar-refractivity contribution in [3.63, 3.8) is 0 Å². The molecule has 4 nitrogen and oxygen atoms in total. The summed E-state index contributed by atoms with van der Waals surface area (Å²) in [6, 6.07) is 18.5. The predicted molar refractivity (Wildman–Crippen MR) is 112 cm³/mol. The molecule has 1 aliphatic carbocycles. The van der Waals surface area contributed by atoms with E-state index in [1.54, 1.807) is 14.2 Å². The van der Waals surface area contributed by atoms with Crippen LogP contribution in [0.5, 0.6) is 11.5 Å². The molecule has 0 N–H and O–H groups in total. The van der Waals surface area contributed by atoms with Crippen LogP contribution in [-0.2, 0) is 19.4 Å². The average molecular weight is 388 g/mol. The number of benzene rings is 2. The van der Waals surface area contributed by atoms with Gasteiger partial charge in [-0.15, -0.1) is 0 Å². The Morgan fingerprint density at radius 3 is 2.31 bits per heavy atom. The van der Waals surface area contributed by atoms with Crippen molar-refractivity contribution in [2.75, 3.05) is 14.2 Å². The van der Waals surface area contributed by atoms with Gasteiger partial charge in [0.1, 0.15) is 0 Å². The maximum absolute atomic E-state index is 12.8. The molecule has 4 heteroatoms. The largest absolute Gasteiger partial charge is 0.493 e. The quantitative estimate of drug-likeness (QED) is 0.574. The molecule has 0 fully saturated rings. The zero-order valence-electron chi connectivity index (χ0n) is 16.9. The van der Waals surface area contributed by atoms with Gasteiger partial charge in [-0.2, -0.15) is 0 Å². The van der Waals surface area contributed by atoms with Gasteiger partial charge in [-0.05, 0) is 42.5 Å². The average Bonchev–Trinajstić information content (AvgIpc) is 3.07. The summed E-state index contributed by atoms with van der Waals surface area (Å²) in [5.74, 6) is 1.55. The molecule has 1 unspecified atom stereocenters. The molecule has 1 atom stereocenters. The van der Waals surface area contributed by atoms with E-state index in [0.717, 1.165) is 36.9 Å². The van der Waals surface area contributed by atoms with Gasteiger partial charge in [0.2, 0.25) is 0 Å². The monoisotopic (exact) mass is 388 g/mol. The Balaban J connectivity index is 1.38. The molecular formula is C25H26NO3+. The van der Waals surface area contributed by atoms with Crippen LogP contribution in [0.1, 0.15) is 33.5 Å². The van der Waals surface area contributed by atoms with Crippen LogP contribution in [0.15, 0.2) is 67.0 Å². The van der Waals surface area contributed by atoms with Gasteiger partial charge >= 0.3 is 0 Å². The fraction of sp³-hybridized carbons (Fsp3) is 0.280. The molecule has 29 heavy (non-hydrogen) atoms. The third kappa shape index (κ3) is 4.16. The number of carbonyl (C=O) groups excluding carboxylic acids is 1. The van der Waals surface area contributed by atoms with Crippen molar-refractivity contribution in [3.8, 4) is 11.5 Å². The van der Waals surface area contributed by atoms with Gasteiger partial charge in [0.05, 0.1) is 14.2 Å². The van der Waals surface area contributed by atoms with E-state index in [1.807, 2.05) is 18.2 Å². The Morgan fingerprint density at radius 2 is 1.62 bits per heavy atom. The van der Waals surface area contributed by atoms with Crippen molar-refractivity contribution in [3.05, 3.63) is 89.2 Å². The number of ketones is 1. The highest BCUT2D eigenvalue weighted by atomic mass is 16.5. The number of hydrogen-bond donors (Lipinski definition) is 0. The molecule has 3 aromatic rings. The van der Waals surface area contributed by atoms with E-state index in [4.69, 9.17) is 9.47 Å². The molecular weight excluding hydrogens is 362 g/mol. The topological polar surface area (TPSA) is 39.4 Å². The van der Waals surface area contributed by atoms with Crippen LogP contribution in [0.25, 0.3) is 0 Å². The fourth-order valence-corrected chi connectivity index (χ4v) is 4.03. The Morgan fingerprint density at radius 1 is 0.931 bits per heavy atom. The van der Waals surface area contributed by atoms with E-state index in [9.17, 15) is 4.79 Å². The van der Waals surface area contributed by atoms with E-state index >= 15 is 0 Å². The van der Waals surface area contributed by atoms with Crippen LogP contribution in [0, 0.1) is 5.92 Å².